The number of unbranched alkanes of at least 4 members (excludes halogenated alkanes) is 4. The van der Waals surface area contributed by atoms with E-state index in [1.165, 1.54) is 94.2 Å². The number of amides is 3. The fraction of sp³-hybridized carbons (Fsp3) is 0.476. The second-order valence-electron chi connectivity index (χ2n) is 22.8. The van der Waals surface area contributed by atoms with Gasteiger partial charge >= 0.3 is 7.82 Å². The van der Waals surface area contributed by atoms with Crippen LogP contribution in [-0.2, 0) is 42.1 Å². The SMILES string of the molecule is C[N+]1(Cc2cc(C(O)CNCCCCCCOCCCCc3ccccc3)ccc2OP(=O)(O)O)CCC(CNC(=O)[C@H]2CCCN2C(=O)[C@@H]2C[C@@H](O)CN2C(=O)CC(c2ccc(F)cc2)(c2ccc(F)cc2)c2ccc(F)cc2)CC1. The maximum absolute atomic E-state index is 14.8. The van der Waals surface area contributed by atoms with Crippen LogP contribution in [0.4, 0.5) is 13.2 Å². The minimum absolute atomic E-state index is 0.0468. The molecule has 5 aromatic rings. The van der Waals surface area contributed by atoms with Gasteiger partial charge in [0.2, 0.25) is 17.7 Å². The van der Waals surface area contributed by atoms with Crippen molar-refractivity contribution in [2.45, 2.75) is 120 Å². The Hall–Kier alpha value is -5.95. The Morgan fingerprint density at radius 2 is 1.35 bits per heavy atom. The summed E-state index contributed by atoms with van der Waals surface area (Å²) in [5, 5.41) is 28.7. The zero-order chi connectivity index (χ0) is 58.3. The molecular formula is C63H80F3N5O10P+. The van der Waals surface area contributed by atoms with E-state index in [2.05, 4.69) is 41.9 Å². The van der Waals surface area contributed by atoms with E-state index in [9.17, 15) is 52.1 Å². The minimum atomic E-state index is -4.90. The van der Waals surface area contributed by atoms with Crippen molar-refractivity contribution < 1.29 is 65.9 Å². The smallest absolute Gasteiger partial charge is 0.404 e. The molecule has 15 nitrogen and oxygen atoms in total. The van der Waals surface area contributed by atoms with E-state index in [1.807, 2.05) is 6.07 Å². The van der Waals surface area contributed by atoms with Crippen LogP contribution in [0.2, 0.25) is 0 Å². The molecule has 0 aliphatic carbocycles. The number of quaternary nitrogens is 1. The number of phosphoric acid groups is 1. The molecule has 82 heavy (non-hydrogen) atoms. The molecule has 6 N–H and O–H groups in total. The zero-order valence-corrected chi connectivity index (χ0v) is 47.8. The van der Waals surface area contributed by atoms with Crippen molar-refractivity contribution in [3.05, 3.63) is 172 Å². The monoisotopic (exact) mass is 1150 g/mol. The number of piperidine rings is 1. The van der Waals surface area contributed by atoms with Gasteiger partial charge in [0.1, 0.15) is 41.8 Å². The summed E-state index contributed by atoms with van der Waals surface area (Å²) < 4.78 is 66.8. The molecule has 1 unspecified atom stereocenters. The average molecular weight is 1160 g/mol. The molecule has 5 aromatic carbocycles. The predicted molar refractivity (Wildman–Crippen MR) is 306 cm³/mol. The average Bonchev–Trinajstić information content (AvgIpc) is 2.59. The highest BCUT2D eigenvalue weighted by Gasteiger charge is 2.48. The quantitative estimate of drug-likeness (QED) is 0.0121. The van der Waals surface area contributed by atoms with Gasteiger partial charge in [0, 0.05) is 70.6 Å². The van der Waals surface area contributed by atoms with Crippen molar-refractivity contribution in [3.63, 3.8) is 0 Å². The van der Waals surface area contributed by atoms with Gasteiger partial charge in [0.05, 0.1) is 37.8 Å². The zero-order valence-electron chi connectivity index (χ0n) is 46.9. The number of nitrogens with zero attached hydrogens (tertiary/aromatic N) is 3. The highest BCUT2D eigenvalue weighted by molar-refractivity contribution is 7.46. The molecule has 0 spiro atoms. The number of hydrogen-bond donors (Lipinski definition) is 6. The first kappa shape index (κ1) is 62.1. The number of aliphatic hydroxyl groups excluding tert-OH is 2. The number of β-amino-alcohol motifs (C(OH)–C–C–N with tert-alkyl or cyclic N) is 1. The third-order valence-corrected chi connectivity index (χ3v) is 17.1. The fourth-order valence-corrected chi connectivity index (χ4v) is 12.6. The topological polar surface area (TPSA) is 198 Å². The Labute approximate surface area is 479 Å². The molecule has 4 atom stereocenters. The molecule has 442 valence electrons. The summed E-state index contributed by atoms with van der Waals surface area (Å²) in [5.41, 5.74) is 2.49. The molecule has 3 aliphatic heterocycles. The highest BCUT2D eigenvalue weighted by Crippen LogP contribution is 2.45. The number of carbonyl (C=O) groups excluding carboxylic acids is 3. The van der Waals surface area contributed by atoms with Crippen molar-refractivity contribution in [3.8, 4) is 5.75 Å². The van der Waals surface area contributed by atoms with Crippen LogP contribution in [0.25, 0.3) is 0 Å². The molecule has 3 fully saturated rings. The van der Waals surface area contributed by atoms with E-state index in [0.717, 1.165) is 77.5 Å². The van der Waals surface area contributed by atoms with Crippen LogP contribution in [0, 0.1) is 23.4 Å². The number of likely N-dealkylation sites (tertiary alicyclic amines) is 3. The number of ether oxygens (including phenoxy) is 1. The van der Waals surface area contributed by atoms with Crippen molar-refractivity contribution in [2.24, 2.45) is 5.92 Å². The maximum Gasteiger partial charge on any atom is 0.524 e. The van der Waals surface area contributed by atoms with Crippen LogP contribution < -0.4 is 15.2 Å². The van der Waals surface area contributed by atoms with Crippen molar-refractivity contribution >= 4 is 25.5 Å². The normalized spacial score (nSPS) is 20.7. The molecule has 0 saturated carbocycles. The second-order valence-corrected chi connectivity index (χ2v) is 24.0. The first-order chi connectivity index (χ1) is 39.4. The Kier molecular flexibility index (Phi) is 22.0. The molecule has 0 radical (unpaired) electrons. The largest absolute Gasteiger partial charge is 0.524 e. The fourth-order valence-electron chi connectivity index (χ4n) is 12.1. The van der Waals surface area contributed by atoms with Crippen LogP contribution in [-0.4, -0.2) is 136 Å². The Bertz CT molecular complexity index is 2800. The van der Waals surface area contributed by atoms with Crippen LogP contribution >= 0.6 is 7.82 Å². The lowest BCUT2D eigenvalue weighted by Gasteiger charge is -2.41. The number of nitrogens with one attached hydrogen (secondary N) is 2. The van der Waals surface area contributed by atoms with E-state index in [4.69, 9.17) is 9.26 Å². The number of phosphoric ester groups is 1. The summed E-state index contributed by atoms with van der Waals surface area (Å²) in [5.74, 6) is -2.76. The summed E-state index contributed by atoms with van der Waals surface area (Å²) >= 11 is 0. The lowest BCUT2D eigenvalue weighted by molar-refractivity contribution is -0.928. The predicted octanol–water partition coefficient (Wildman–Crippen LogP) is 8.65. The van der Waals surface area contributed by atoms with E-state index < -0.39 is 66.8 Å². The summed E-state index contributed by atoms with van der Waals surface area (Å²) in [6, 6.07) is 30.0. The maximum atomic E-state index is 14.8. The summed E-state index contributed by atoms with van der Waals surface area (Å²) in [7, 11) is -2.84. The van der Waals surface area contributed by atoms with Crippen LogP contribution in [0.5, 0.6) is 5.75 Å². The number of aryl methyl sites for hydroxylation is 1. The van der Waals surface area contributed by atoms with E-state index >= 15 is 0 Å². The van der Waals surface area contributed by atoms with Gasteiger partial charge in [-0.2, -0.15) is 0 Å². The van der Waals surface area contributed by atoms with E-state index in [-0.39, 0.29) is 43.5 Å². The summed E-state index contributed by atoms with van der Waals surface area (Å²) in [6.45, 7) is 4.76. The molecule has 8 rings (SSSR count). The van der Waals surface area contributed by atoms with Gasteiger partial charge in [-0.05, 0) is 134 Å². The van der Waals surface area contributed by atoms with Crippen molar-refractivity contribution in [1.82, 2.24) is 20.4 Å². The Balaban J connectivity index is 0.817. The molecular weight excluding hydrogens is 1070 g/mol. The van der Waals surface area contributed by atoms with Gasteiger partial charge in [0.15, 0.2) is 0 Å². The molecule has 19 heteroatoms. The number of hydrogen-bond acceptors (Lipinski definition) is 9. The van der Waals surface area contributed by atoms with E-state index in [1.54, 1.807) is 12.1 Å². The van der Waals surface area contributed by atoms with Gasteiger partial charge < -0.3 is 44.4 Å². The lowest BCUT2D eigenvalue weighted by Crippen LogP contribution is -2.54. The number of aliphatic hydroxyl groups is 2. The van der Waals surface area contributed by atoms with E-state index in [0.29, 0.717) is 77.9 Å². The lowest BCUT2D eigenvalue weighted by atomic mass is 9.67. The molecule has 3 heterocycles. The van der Waals surface area contributed by atoms with Gasteiger partial charge in [-0.25, -0.2) is 17.7 Å². The van der Waals surface area contributed by atoms with Crippen molar-refractivity contribution in [1.29, 1.82) is 0 Å². The van der Waals surface area contributed by atoms with Gasteiger partial charge in [0.25, 0.3) is 0 Å². The highest BCUT2D eigenvalue weighted by atomic mass is 31.2. The Morgan fingerprint density at radius 1 is 0.756 bits per heavy atom. The summed E-state index contributed by atoms with van der Waals surface area (Å²) in [4.78, 5) is 65.9. The third kappa shape index (κ3) is 16.9. The van der Waals surface area contributed by atoms with Gasteiger partial charge in [-0.15, -0.1) is 0 Å². The third-order valence-electron chi connectivity index (χ3n) is 16.7. The standard InChI is InChI=1S/C63H79F3N5O10P/c1-71(44-48-38-47(16-29-59(48)81-82(77,78)79)58(73)42-67-32-8-2-3-9-36-80-37-10-7-14-45-12-5-4-6-13-45)34-30-46(31-35-71)41-68-61(75)56-15-11-33-69(56)62(76)57-39-55(72)43-70(57)60(74)40-63(49-17-23-52(64)24-18-49,50-19-25-53(65)26-20-50)51-21-27-54(66)28-22-51/h4-6,12-13,16-29,38,46,55-58,67,72-73H,2-3,7-11,14-15,30-37,39-44H2,1H3,(H2-,68,75,77,78,79)/p+1/t46?,55-,56-,57+,58?,71?/m1/s1. The molecule has 0 aromatic heterocycles. The van der Waals surface area contributed by atoms with Gasteiger partial charge in [-0.1, -0.05) is 85.6 Å². The van der Waals surface area contributed by atoms with Crippen LogP contribution in [0.15, 0.2) is 121 Å². The number of halogens is 3. The number of benzene rings is 5. The number of carbonyl (C=O) groups is 3. The first-order valence-corrected chi connectivity index (χ1v) is 30.5. The van der Waals surface area contributed by atoms with Gasteiger partial charge in [-0.3, -0.25) is 24.2 Å². The van der Waals surface area contributed by atoms with Crippen LogP contribution in [0.1, 0.15) is 117 Å². The molecule has 3 amide bonds. The first-order valence-electron chi connectivity index (χ1n) is 29.0. The molecule has 3 aliphatic rings. The molecule has 3 saturated heterocycles. The van der Waals surface area contributed by atoms with Crippen molar-refractivity contribution in [2.75, 3.05) is 66.1 Å². The van der Waals surface area contributed by atoms with Crippen LogP contribution in [0.3, 0.4) is 0 Å². The Morgan fingerprint density at radius 3 is 1.96 bits per heavy atom. The minimum Gasteiger partial charge on any atom is -0.404 e. The summed E-state index contributed by atoms with van der Waals surface area (Å²) in [6.07, 6.45) is 7.35. The number of rotatable bonds is 28. The second kappa shape index (κ2) is 29.0. The molecule has 0 bridgehead atoms.